The van der Waals surface area contributed by atoms with E-state index in [-0.39, 0.29) is 0 Å². The van der Waals surface area contributed by atoms with Gasteiger partial charge in [0.1, 0.15) is 0 Å². The van der Waals surface area contributed by atoms with Crippen LogP contribution in [-0.2, 0) is 6.42 Å². The zero-order valence-electron chi connectivity index (χ0n) is 10.6. The van der Waals surface area contributed by atoms with Gasteiger partial charge in [0.25, 0.3) is 0 Å². The Morgan fingerprint density at radius 3 is 2.59 bits per heavy atom. The van der Waals surface area contributed by atoms with Crippen molar-refractivity contribution in [1.29, 1.82) is 0 Å². The first-order valence-electron chi connectivity index (χ1n) is 6.73. The first-order chi connectivity index (χ1) is 8.25. The lowest BCUT2D eigenvalue weighted by atomic mass is 9.86. The second-order valence-electron chi connectivity index (χ2n) is 5.20. The molecule has 2 unspecified atom stereocenters. The molecule has 1 saturated carbocycles. The van der Waals surface area contributed by atoms with Crippen LogP contribution in [-0.4, -0.2) is 12.6 Å². The van der Waals surface area contributed by atoms with Crippen molar-refractivity contribution in [3.05, 3.63) is 34.9 Å². The second kappa shape index (κ2) is 6.42. The smallest absolute Gasteiger partial charge is 0.0406 e. The van der Waals surface area contributed by atoms with Crippen molar-refractivity contribution in [3.8, 4) is 0 Å². The summed E-state index contributed by atoms with van der Waals surface area (Å²) in [6.45, 7) is 3.45. The lowest BCUT2D eigenvalue weighted by Crippen LogP contribution is -2.38. The van der Waals surface area contributed by atoms with E-state index in [1.165, 1.54) is 31.2 Å². The van der Waals surface area contributed by atoms with Gasteiger partial charge in [-0.25, -0.2) is 0 Å². The Kier molecular flexibility index (Phi) is 4.87. The molecule has 94 valence electrons. The van der Waals surface area contributed by atoms with Gasteiger partial charge in [-0.05, 0) is 49.4 Å². The molecule has 0 aliphatic heterocycles. The maximum atomic E-state index is 5.87. The highest BCUT2D eigenvalue weighted by Gasteiger charge is 2.19. The van der Waals surface area contributed by atoms with Crippen molar-refractivity contribution in [2.24, 2.45) is 5.92 Å². The normalized spacial score (nSPS) is 24.8. The molecule has 1 aromatic rings. The minimum absolute atomic E-state index is 0.732. The van der Waals surface area contributed by atoms with Crippen molar-refractivity contribution >= 4 is 11.6 Å². The fourth-order valence-electron chi connectivity index (χ4n) is 2.67. The molecule has 1 fully saturated rings. The van der Waals surface area contributed by atoms with Gasteiger partial charge in [0.05, 0.1) is 0 Å². The Morgan fingerprint density at radius 1 is 1.18 bits per heavy atom. The standard InChI is InChI=1S/C15H22ClN/c1-12-4-2-3-5-15(12)17-11-10-13-6-8-14(16)9-7-13/h6-9,12,15,17H,2-5,10-11H2,1H3. The van der Waals surface area contributed by atoms with E-state index < -0.39 is 0 Å². The van der Waals surface area contributed by atoms with E-state index >= 15 is 0 Å². The molecule has 0 saturated heterocycles. The zero-order valence-corrected chi connectivity index (χ0v) is 11.3. The molecule has 0 aromatic heterocycles. The van der Waals surface area contributed by atoms with Gasteiger partial charge in [-0.2, -0.15) is 0 Å². The minimum Gasteiger partial charge on any atom is -0.313 e. The summed E-state index contributed by atoms with van der Waals surface area (Å²) >= 11 is 5.87. The largest absolute Gasteiger partial charge is 0.313 e. The summed E-state index contributed by atoms with van der Waals surface area (Å²) in [6.07, 6.45) is 6.64. The lowest BCUT2D eigenvalue weighted by Gasteiger charge is -2.29. The van der Waals surface area contributed by atoms with Crippen LogP contribution in [0.15, 0.2) is 24.3 Å². The van der Waals surface area contributed by atoms with Crippen molar-refractivity contribution in [1.82, 2.24) is 5.32 Å². The summed E-state index contributed by atoms with van der Waals surface area (Å²) in [4.78, 5) is 0. The van der Waals surface area contributed by atoms with E-state index in [2.05, 4.69) is 24.4 Å². The van der Waals surface area contributed by atoms with Gasteiger partial charge < -0.3 is 5.32 Å². The lowest BCUT2D eigenvalue weighted by molar-refractivity contribution is 0.282. The Morgan fingerprint density at radius 2 is 1.88 bits per heavy atom. The monoisotopic (exact) mass is 251 g/mol. The van der Waals surface area contributed by atoms with E-state index in [4.69, 9.17) is 11.6 Å². The van der Waals surface area contributed by atoms with E-state index in [1.807, 2.05) is 12.1 Å². The average Bonchev–Trinajstić information content (AvgIpc) is 2.34. The Hall–Kier alpha value is -0.530. The fourth-order valence-corrected chi connectivity index (χ4v) is 2.80. The number of rotatable bonds is 4. The molecule has 2 atom stereocenters. The van der Waals surface area contributed by atoms with Crippen molar-refractivity contribution in [2.75, 3.05) is 6.54 Å². The molecule has 1 aliphatic carbocycles. The summed E-state index contributed by atoms with van der Waals surface area (Å²) in [7, 11) is 0. The van der Waals surface area contributed by atoms with Crippen LogP contribution in [0.4, 0.5) is 0 Å². The highest BCUT2D eigenvalue weighted by Crippen LogP contribution is 2.23. The quantitative estimate of drug-likeness (QED) is 0.851. The molecule has 0 radical (unpaired) electrons. The molecule has 2 heteroatoms. The first-order valence-corrected chi connectivity index (χ1v) is 7.11. The first kappa shape index (κ1) is 12.9. The maximum absolute atomic E-state index is 5.87. The van der Waals surface area contributed by atoms with Gasteiger partial charge in [0.15, 0.2) is 0 Å². The van der Waals surface area contributed by atoms with Crippen molar-refractivity contribution in [3.63, 3.8) is 0 Å². The third-order valence-electron chi connectivity index (χ3n) is 3.84. The van der Waals surface area contributed by atoms with Gasteiger partial charge in [-0.15, -0.1) is 0 Å². The third-order valence-corrected chi connectivity index (χ3v) is 4.10. The molecular formula is C15H22ClN. The van der Waals surface area contributed by atoms with Gasteiger partial charge >= 0.3 is 0 Å². The average molecular weight is 252 g/mol. The Balaban J connectivity index is 1.73. The molecule has 2 rings (SSSR count). The molecule has 17 heavy (non-hydrogen) atoms. The van der Waals surface area contributed by atoms with Gasteiger partial charge in [0, 0.05) is 11.1 Å². The predicted octanol–water partition coefficient (Wildman–Crippen LogP) is 4.05. The number of halogens is 1. The molecule has 1 N–H and O–H groups in total. The van der Waals surface area contributed by atoms with Crippen LogP contribution < -0.4 is 5.32 Å². The highest BCUT2D eigenvalue weighted by molar-refractivity contribution is 6.30. The molecule has 1 nitrogen and oxygen atoms in total. The third kappa shape index (κ3) is 4.01. The van der Waals surface area contributed by atoms with E-state index in [0.29, 0.717) is 0 Å². The van der Waals surface area contributed by atoms with E-state index in [1.54, 1.807) is 0 Å². The van der Waals surface area contributed by atoms with Crippen LogP contribution in [0, 0.1) is 5.92 Å². The Bertz CT molecular complexity index is 333. The fraction of sp³-hybridized carbons (Fsp3) is 0.600. The number of hydrogen-bond donors (Lipinski definition) is 1. The second-order valence-corrected chi connectivity index (χ2v) is 5.64. The minimum atomic E-state index is 0.732. The van der Waals surface area contributed by atoms with E-state index in [9.17, 15) is 0 Å². The van der Waals surface area contributed by atoms with Crippen molar-refractivity contribution in [2.45, 2.75) is 45.1 Å². The van der Waals surface area contributed by atoms with Gasteiger partial charge in [-0.3, -0.25) is 0 Å². The predicted molar refractivity (Wildman–Crippen MR) is 74.6 cm³/mol. The summed E-state index contributed by atoms with van der Waals surface area (Å²) in [6, 6.07) is 8.92. The zero-order chi connectivity index (χ0) is 12.1. The van der Waals surface area contributed by atoms with Crippen LogP contribution in [0.25, 0.3) is 0 Å². The molecule has 0 bridgehead atoms. The summed E-state index contributed by atoms with van der Waals surface area (Å²) < 4.78 is 0. The molecule has 0 amide bonds. The summed E-state index contributed by atoms with van der Waals surface area (Å²) in [5.41, 5.74) is 1.37. The van der Waals surface area contributed by atoms with Crippen LogP contribution in [0.2, 0.25) is 5.02 Å². The Labute approximate surface area is 110 Å². The molecule has 0 heterocycles. The maximum Gasteiger partial charge on any atom is 0.0406 e. The summed E-state index contributed by atoms with van der Waals surface area (Å²) in [5, 5.41) is 4.52. The van der Waals surface area contributed by atoms with E-state index in [0.717, 1.165) is 29.9 Å². The highest BCUT2D eigenvalue weighted by atomic mass is 35.5. The molecular weight excluding hydrogens is 230 g/mol. The number of hydrogen-bond acceptors (Lipinski definition) is 1. The van der Waals surface area contributed by atoms with Gasteiger partial charge in [-0.1, -0.05) is 43.5 Å². The van der Waals surface area contributed by atoms with Crippen LogP contribution in [0.5, 0.6) is 0 Å². The number of benzene rings is 1. The van der Waals surface area contributed by atoms with Crippen molar-refractivity contribution < 1.29 is 0 Å². The topological polar surface area (TPSA) is 12.0 Å². The number of nitrogens with one attached hydrogen (secondary N) is 1. The van der Waals surface area contributed by atoms with Gasteiger partial charge in [0.2, 0.25) is 0 Å². The summed E-state index contributed by atoms with van der Waals surface area (Å²) in [5.74, 6) is 0.842. The van der Waals surface area contributed by atoms with Crippen LogP contribution in [0.3, 0.4) is 0 Å². The molecule has 1 aromatic carbocycles. The van der Waals surface area contributed by atoms with Crippen LogP contribution >= 0.6 is 11.6 Å². The molecule has 1 aliphatic rings. The molecule has 0 spiro atoms. The van der Waals surface area contributed by atoms with Crippen LogP contribution in [0.1, 0.15) is 38.2 Å². The SMILES string of the molecule is CC1CCCCC1NCCc1ccc(Cl)cc1.